The molecule has 5 heteroatoms. The van der Waals surface area contributed by atoms with Crippen LogP contribution in [0.25, 0.3) is 0 Å². The average molecular weight is 358 g/mol. The zero-order valence-corrected chi connectivity index (χ0v) is 15.0. The van der Waals surface area contributed by atoms with Crippen molar-refractivity contribution in [1.82, 2.24) is 5.32 Å². The first-order valence-corrected chi connectivity index (χ1v) is 9.20. The molecule has 0 unspecified atom stereocenters. The number of carbonyl (C=O) groups excluding carboxylic acids is 1. The quantitative estimate of drug-likeness (QED) is 0.711. The zero-order valence-electron chi connectivity index (χ0n) is 14.2. The highest BCUT2D eigenvalue weighted by Crippen LogP contribution is 2.19. The van der Waals surface area contributed by atoms with Gasteiger partial charge in [0.2, 0.25) is 0 Å². The summed E-state index contributed by atoms with van der Waals surface area (Å²) in [5, 5.41) is 9.74. The Bertz CT molecular complexity index is 679. The lowest BCUT2D eigenvalue weighted by atomic mass is 9.93. The number of hydrogen-bond acceptors (Lipinski definition) is 2. The SMILES string of the molecule is O=C(Nc1ccc(Cl)cc1)Nc1ccc(CC[C@H]2CCCNC2)cc1. The number of halogens is 1. The molecule has 0 radical (unpaired) electrons. The molecule has 1 aliphatic heterocycles. The molecule has 0 spiro atoms. The molecule has 0 saturated carbocycles. The third-order valence-corrected chi connectivity index (χ3v) is 4.81. The monoisotopic (exact) mass is 357 g/mol. The van der Waals surface area contributed by atoms with Gasteiger partial charge in [0.25, 0.3) is 0 Å². The topological polar surface area (TPSA) is 53.2 Å². The van der Waals surface area contributed by atoms with Crippen LogP contribution < -0.4 is 16.0 Å². The van der Waals surface area contributed by atoms with E-state index in [-0.39, 0.29) is 6.03 Å². The highest BCUT2D eigenvalue weighted by molar-refractivity contribution is 6.30. The van der Waals surface area contributed by atoms with Crippen LogP contribution in [0, 0.1) is 5.92 Å². The fourth-order valence-electron chi connectivity index (χ4n) is 3.12. The summed E-state index contributed by atoms with van der Waals surface area (Å²) in [5.74, 6) is 0.789. The van der Waals surface area contributed by atoms with Gasteiger partial charge in [-0.05, 0) is 86.7 Å². The van der Waals surface area contributed by atoms with Crippen molar-refractivity contribution in [2.75, 3.05) is 23.7 Å². The summed E-state index contributed by atoms with van der Waals surface area (Å²) in [4.78, 5) is 12.0. The first-order valence-electron chi connectivity index (χ1n) is 8.82. The Morgan fingerprint density at radius 3 is 2.28 bits per heavy atom. The number of aryl methyl sites for hydroxylation is 1. The molecular weight excluding hydrogens is 334 g/mol. The Kier molecular flexibility index (Phi) is 6.31. The third-order valence-electron chi connectivity index (χ3n) is 4.55. The predicted molar refractivity (Wildman–Crippen MR) is 104 cm³/mol. The zero-order chi connectivity index (χ0) is 17.5. The second-order valence-corrected chi connectivity index (χ2v) is 6.97. The maximum absolute atomic E-state index is 12.0. The van der Waals surface area contributed by atoms with Crippen molar-refractivity contribution < 1.29 is 4.79 Å². The molecule has 1 fully saturated rings. The molecule has 25 heavy (non-hydrogen) atoms. The van der Waals surface area contributed by atoms with Crippen LogP contribution in [-0.4, -0.2) is 19.1 Å². The molecule has 0 aliphatic carbocycles. The maximum Gasteiger partial charge on any atom is 0.323 e. The van der Waals surface area contributed by atoms with E-state index in [1.807, 2.05) is 12.1 Å². The fraction of sp³-hybridized carbons (Fsp3) is 0.350. The number of piperidine rings is 1. The first kappa shape index (κ1) is 17.8. The van der Waals surface area contributed by atoms with Crippen LogP contribution in [0.3, 0.4) is 0 Å². The van der Waals surface area contributed by atoms with E-state index in [9.17, 15) is 4.79 Å². The van der Waals surface area contributed by atoms with Crippen LogP contribution in [0.2, 0.25) is 5.02 Å². The second-order valence-electron chi connectivity index (χ2n) is 6.53. The minimum atomic E-state index is -0.261. The van der Waals surface area contributed by atoms with E-state index < -0.39 is 0 Å². The minimum Gasteiger partial charge on any atom is -0.316 e. The first-order chi connectivity index (χ1) is 12.2. The summed E-state index contributed by atoms with van der Waals surface area (Å²) in [6.07, 6.45) is 4.92. The minimum absolute atomic E-state index is 0.261. The molecule has 3 N–H and O–H groups in total. The summed E-state index contributed by atoms with van der Waals surface area (Å²) < 4.78 is 0. The van der Waals surface area contributed by atoms with Crippen LogP contribution in [0.4, 0.5) is 16.2 Å². The number of carbonyl (C=O) groups is 1. The van der Waals surface area contributed by atoms with Gasteiger partial charge in [0, 0.05) is 16.4 Å². The van der Waals surface area contributed by atoms with Crippen LogP contribution in [0.15, 0.2) is 48.5 Å². The number of urea groups is 1. The Balaban J connectivity index is 1.46. The molecular formula is C20H24ClN3O. The van der Waals surface area contributed by atoms with Crippen molar-refractivity contribution in [1.29, 1.82) is 0 Å². The number of amides is 2. The molecule has 4 nitrogen and oxygen atoms in total. The van der Waals surface area contributed by atoms with Gasteiger partial charge < -0.3 is 16.0 Å². The maximum atomic E-state index is 12.0. The summed E-state index contributed by atoms with van der Waals surface area (Å²) in [5.41, 5.74) is 2.81. The van der Waals surface area contributed by atoms with Crippen molar-refractivity contribution in [2.45, 2.75) is 25.7 Å². The smallest absolute Gasteiger partial charge is 0.316 e. The highest BCUT2D eigenvalue weighted by Gasteiger charge is 2.12. The Morgan fingerprint density at radius 1 is 1.04 bits per heavy atom. The average Bonchev–Trinajstić information content (AvgIpc) is 2.64. The van der Waals surface area contributed by atoms with Crippen LogP contribution in [0.1, 0.15) is 24.8 Å². The van der Waals surface area contributed by atoms with E-state index in [2.05, 4.69) is 28.1 Å². The Hall–Kier alpha value is -2.04. The third kappa shape index (κ3) is 5.76. The van der Waals surface area contributed by atoms with Gasteiger partial charge >= 0.3 is 6.03 Å². The molecule has 2 aromatic rings. The highest BCUT2D eigenvalue weighted by atomic mass is 35.5. The lowest BCUT2D eigenvalue weighted by molar-refractivity contribution is 0.262. The summed E-state index contributed by atoms with van der Waals surface area (Å²) in [6, 6.07) is 14.9. The van der Waals surface area contributed by atoms with E-state index >= 15 is 0 Å². The van der Waals surface area contributed by atoms with Gasteiger partial charge in [0.15, 0.2) is 0 Å². The van der Waals surface area contributed by atoms with E-state index in [1.54, 1.807) is 24.3 Å². The van der Waals surface area contributed by atoms with Gasteiger partial charge in [-0.25, -0.2) is 4.79 Å². The van der Waals surface area contributed by atoms with Crippen molar-refractivity contribution in [2.24, 2.45) is 5.92 Å². The van der Waals surface area contributed by atoms with Crippen LogP contribution in [0.5, 0.6) is 0 Å². The molecule has 1 heterocycles. The number of anilines is 2. The molecule has 2 aromatic carbocycles. The fourth-order valence-corrected chi connectivity index (χ4v) is 3.25. The molecule has 2 amide bonds. The molecule has 0 bridgehead atoms. The summed E-state index contributed by atoms with van der Waals surface area (Å²) >= 11 is 5.84. The lowest BCUT2D eigenvalue weighted by Gasteiger charge is -2.22. The number of benzene rings is 2. The van der Waals surface area contributed by atoms with Crippen molar-refractivity contribution >= 4 is 29.0 Å². The number of nitrogens with one attached hydrogen (secondary N) is 3. The predicted octanol–water partition coefficient (Wildman–Crippen LogP) is 4.92. The van der Waals surface area contributed by atoms with Crippen molar-refractivity contribution in [3.63, 3.8) is 0 Å². The molecule has 132 valence electrons. The van der Waals surface area contributed by atoms with E-state index in [4.69, 9.17) is 11.6 Å². The van der Waals surface area contributed by atoms with E-state index in [1.165, 1.54) is 24.8 Å². The van der Waals surface area contributed by atoms with E-state index in [0.29, 0.717) is 10.7 Å². The summed E-state index contributed by atoms with van der Waals surface area (Å²) in [7, 11) is 0. The standard InChI is InChI=1S/C20H24ClN3O/c21-17-7-11-19(12-8-17)24-20(25)23-18-9-5-15(6-10-18)3-4-16-2-1-13-22-14-16/h5-12,16,22H,1-4,13-14H2,(H2,23,24,25)/t16-/m1/s1. The van der Waals surface area contributed by atoms with Gasteiger partial charge in [0.1, 0.15) is 0 Å². The largest absolute Gasteiger partial charge is 0.323 e. The molecule has 1 saturated heterocycles. The van der Waals surface area contributed by atoms with Gasteiger partial charge in [-0.3, -0.25) is 0 Å². The summed E-state index contributed by atoms with van der Waals surface area (Å²) in [6.45, 7) is 2.31. The van der Waals surface area contributed by atoms with Crippen molar-refractivity contribution in [3.05, 3.63) is 59.1 Å². The molecule has 1 aliphatic rings. The Labute approximate surface area is 154 Å². The molecule has 0 aromatic heterocycles. The lowest BCUT2D eigenvalue weighted by Crippen LogP contribution is -2.29. The van der Waals surface area contributed by atoms with Crippen molar-refractivity contribution in [3.8, 4) is 0 Å². The normalized spacial score (nSPS) is 17.1. The van der Waals surface area contributed by atoms with Gasteiger partial charge in [-0.15, -0.1) is 0 Å². The van der Waals surface area contributed by atoms with Crippen LogP contribution >= 0.6 is 11.6 Å². The van der Waals surface area contributed by atoms with Gasteiger partial charge in [0.05, 0.1) is 0 Å². The number of rotatable bonds is 5. The van der Waals surface area contributed by atoms with Gasteiger partial charge in [-0.1, -0.05) is 23.7 Å². The number of hydrogen-bond donors (Lipinski definition) is 3. The van der Waals surface area contributed by atoms with Crippen LogP contribution in [-0.2, 0) is 6.42 Å². The second kappa shape index (κ2) is 8.88. The van der Waals surface area contributed by atoms with Gasteiger partial charge in [-0.2, -0.15) is 0 Å². The molecule has 1 atom stereocenters. The van der Waals surface area contributed by atoms with E-state index in [0.717, 1.165) is 31.1 Å². The molecule has 3 rings (SSSR count). The Morgan fingerprint density at radius 2 is 1.68 bits per heavy atom.